The van der Waals surface area contributed by atoms with Crippen LogP contribution in [0.2, 0.25) is 0 Å². The number of rotatable bonds is 36. The van der Waals surface area contributed by atoms with E-state index in [2.05, 4.69) is 13.8 Å². The summed E-state index contributed by atoms with van der Waals surface area (Å²) in [4.78, 5) is 24.8. The molecule has 0 spiro atoms. The predicted molar refractivity (Wildman–Crippen MR) is 206 cm³/mol. The Morgan fingerprint density at radius 1 is 0.388 bits per heavy atom. The molecule has 49 heavy (non-hydrogen) atoms. The van der Waals surface area contributed by atoms with Crippen LogP contribution in [0.1, 0.15) is 232 Å². The average Bonchev–Trinajstić information content (AvgIpc) is 3.89. The van der Waals surface area contributed by atoms with Crippen molar-refractivity contribution in [2.75, 3.05) is 0 Å². The second-order valence-electron chi connectivity index (χ2n) is 15.9. The Balaban J connectivity index is 1.55. The number of ether oxygens (including phenoxy) is 1. The van der Waals surface area contributed by atoms with Crippen LogP contribution in [-0.4, -0.2) is 34.4 Å². The highest BCUT2D eigenvalue weighted by Crippen LogP contribution is 2.51. The van der Waals surface area contributed by atoms with E-state index in [0.717, 1.165) is 38.5 Å². The van der Waals surface area contributed by atoms with E-state index in [9.17, 15) is 19.8 Å². The summed E-state index contributed by atoms with van der Waals surface area (Å²) in [5.74, 6) is -2.65. The summed E-state index contributed by atoms with van der Waals surface area (Å²) in [6, 6.07) is 0. The first-order chi connectivity index (χ1) is 24.0. The van der Waals surface area contributed by atoms with Crippen molar-refractivity contribution in [1.82, 2.24) is 0 Å². The molecule has 5 heteroatoms. The van der Waals surface area contributed by atoms with Gasteiger partial charge in [0.2, 0.25) is 0 Å². The van der Waals surface area contributed by atoms with Gasteiger partial charge in [0.1, 0.15) is 0 Å². The summed E-state index contributed by atoms with van der Waals surface area (Å²) < 4.78 is 6.05. The van der Waals surface area contributed by atoms with Gasteiger partial charge in [0.25, 0.3) is 0 Å². The second-order valence-corrected chi connectivity index (χ2v) is 15.9. The molecule has 4 unspecified atom stereocenters. The van der Waals surface area contributed by atoms with Crippen molar-refractivity contribution in [2.45, 2.75) is 244 Å². The fourth-order valence-electron chi connectivity index (χ4n) is 8.50. The molecule has 0 bridgehead atoms. The van der Waals surface area contributed by atoms with Crippen LogP contribution < -0.4 is 0 Å². The Hall–Kier alpha value is -1.36. The zero-order valence-electron chi connectivity index (χ0n) is 32.5. The van der Waals surface area contributed by atoms with Gasteiger partial charge in [-0.3, -0.25) is 0 Å². The van der Waals surface area contributed by atoms with Crippen molar-refractivity contribution in [2.24, 2.45) is 11.8 Å². The molecule has 2 rings (SSSR count). The molecule has 1 fully saturated rings. The number of hydrogen-bond donors (Lipinski definition) is 2. The van der Waals surface area contributed by atoms with Crippen molar-refractivity contribution in [3.8, 4) is 0 Å². The quantitative estimate of drug-likeness (QED) is 0.0505. The molecule has 0 radical (unpaired) electrons. The molecule has 0 aromatic rings. The first kappa shape index (κ1) is 43.8. The van der Waals surface area contributed by atoms with Crippen molar-refractivity contribution >= 4 is 11.9 Å². The molecule has 0 aromatic carbocycles. The van der Waals surface area contributed by atoms with Crippen LogP contribution >= 0.6 is 0 Å². The first-order valence-electron chi connectivity index (χ1n) is 21.9. The summed E-state index contributed by atoms with van der Waals surface area (Å²) in [6.45, 7) is 4.55. The molecular weight excluding hydrogens is 608 g/mol. The number of epoxide rings is 1. The zero-order chi connectivity index (χ0) is 35.4. The lowest BCUT2D eigenvalue weighted by atomic mass is 9.73. The molecule has 4 atom stereocenters. The van der Waals surface area contributed by atoms with E-state index < -0.39 is 11.9 Å². The molecule has 1 heterocycles. The third-order valence-corrected chi connectivity index (χ3v) is 11.6. The minimum absolute atomic E-state index is 0.100. The fourth-order valence-corrected chi connectivity index (χ4v) is 8.50. The number of unbranched alkanes of at least 4 members (excludes halogenated alkanes) is 30. The van der Waals surface area contributed by atoms with Crippen LogP contribution in [0.25, 0.3) is 0 Å². The van der Waals surface area contributed by atoms with Crippen LogP contribution in [0.5, 0.6) is 0 Å². The summed E-state index contributed by atoms with van der Waals surface area (Å²) in [6.07, 6.45) is 43.1. The number of hydrogen-bond acceptors (Lipinski definition) is 3. The Morgan fingerprint density at radius 3 is 0.796 bits per heavy atom. The van der Waals surface area contributed by atoms with E-state index in [1.54, 1.807) is 0 Å². The minimum atomic E-state index is -1.05. The van der Waals surface area contributed by atoms with Crippen LogP contribution in [0.15, 0.2) is 11.1 Å². The maximum absolute atomic E-state index is 12.4. The summed E-state index contributed by atoms with van der Waals surface area (Å²) in [5.41, 5.74) is 0.294. The maximum atomic E-state index is 12.4. The number of carboxylic acids is 2. The molecule has 5 nitrogen and oxygen atoms in total. The molecule has 0 aromatic heterocycles. The average molecular weight is 689 g/mol. The second kappa shape index (κ2) is 29.2. The van der Waals surface area contributed by atoms with Gasteiger partial charge in [0, 0.05) is 11.8 Å². The normalized spacial score (nSPS) is 20.1. The standard InChI is InChI=1S/C44H80O5/c1-3-5-7-9-11-13-15-17-19-21-23-25-27-29-31-33-35-37-39(43(45)46)40(44(47)48)38(42-41(37)49-42)36-34-32-30-28-26-24-22-20-18-16-14-12-10-8-6-4-2/h37-38,41-42H,3-36H2,1-2H3,(H,45,46)(H,47,48). The van der Waals surface area contributed by atoms with E-state index in [1.807, 2.05) is 0 Å². The van der Waals surface area contributed by atoms with E-state index in [4.69, 9.17) is 4.74 Å². The van der Waals surface area contributed by atoms with Gasteiger partial charge in [-0.25, -0.2) is 9.59 Å². The number of aliphatic carboxylic acids is 2. The van der Waals surface area contributed by atoms with E-state index >= 15 is 0 Å². The molecule has 2 N–H and O–H groups in total. The van der Waals surface area contributed by atoms with Crippen LogP contribution in [-0.2, 0) is 14.3 Å². The third-order valence-electron chi connectivity index (χ3n) is 11.6. The van der Waals surface area contributed by atoms with Gasteiger partial charge >= 0.3 is 11.9 Å². The van der Waals surface area contributed by atoms with Gasteiger partial charge in [0.15, 0.2) is 0 Å². The van der Waals surface area contributed by atoms with Gasteiger partial charge in [-0.15, -0.1) is 0 Å². The predicted octanol–water partition coefficient (Wildman–Crippen LogP) is 13.8. The minimum Gasteiger partial charge on any atom is -0.478 e. The van der Waals surface area contributed by atoms with E-state index in [0.29, 0.717) is 0 Å². The first-order valence-corrected chi connectivity index (χ1v) is 21.9. The number of carbonyl (C=O) groups is 2. The lowest BCUT2D eigenvalue weighted by molar-refractivity contribution is -0.137. The summed E-state index contributed by atoms with van der Waals surface area (Å²) in [5, 5.41) is 20.3. The molecule has 0 amide bonds. The van der Waals surface area contributed by atoms with Crippen molar-refractivity contribution in [3.05, 3.63) is 11.1 Å². The van der Waals surface area contributed by atoms with Gasteiger partial charge in [-0.1, -0.05) is 219 Å². The number of fused-ring (bicyclic) bond motifs is 1. The van der Waals surface area contributed by atoms with Gasteiger partial charge in [0.05, 0.1) is 23.4 Å². The Morgan fingerprint density at radius 2 is 0.592 bits per heavy atom. The lowest BCUT2D eigenvalue weighted by Gasteiger charge is -2.27. The highest BCUT2D eigenvalue weighted by molar-refractivity contribution is 6.00. The highest BCUT2D eigenvalue weighted by Gasteiger charge is 2.58. The molecule has 2 aliphatic rings. The summed E-state index contributed by atoms with van der Waals surface area (Å²) >= 11 is 0. The largest absolute Gasteiger partial charge is 0.478 e. The van der Waals surface area contributed by atoms with E-state index in [-0.39, 0.29) is 35.2 Å². The topological polar surface area (TPSA) is 87.1 Å². The smallest absolute Gasteiger partial charge is 0.332 e. The van der Waals surface area contributed by atoms with Crippen molar-refractivity contribution < 1.29 is 24.5 Å². The van der Waals surface area contributed by atoms with Gasteiger partial charge in [-0.05, 0) is 12.8 Å². The Bertz CT molecular complexity index is 797. The third kappa shape index (κ3) is 19.7. The monoisotopic (exact) mass is 689 g/mol. The van der Waals surface area contributed by atoms with Crippen LogP contribution in [0.4, 0.5) is 0 Å². The summed E-state index contributed by atoms with van der Waals surface area (Å²) in [7, 11) is 0. The SMILES string of the molecule is CCCCCCCCCCCCCCCCCCC1C(C(=O)O)=C(C(=O)O)C(CCCCCCCCCCCCCCCCCC)C2OC12. The maximum Gasteiger partial charge on any atom is 0.332 e. The highest BCUT2D eigenvalue weighted by atomic mass is 16.6. The molecule has 0 saturated carbocycles. The number of carboxylic acid groups (broad SMARTS) is 2. The molecule has 1 saturated heterocycles. The molecule has 1 aliphatic heterocycles. The lowest BCUT2D eigenvalue weighted by Crippen LogP contribution is -2.34. The van der Waals surface area contributed by atoms with Crippen molar-refractivity contribution in [3.63, 3.8) is 0 Å². The Kier molecular flexibility index (Phi) is 26.1. The zero-order valence-corrected chi connectivity index (χ0v) is 32.5. The molecule has 286 valence electrons. The van der Waals surface area contributed by atoms with Gasteiger partial charge < -0.3 is 14.9 Å². The van der Waals surface area contributed by atoms with Crippen LogP contribution in [0, 0.1) is 11.8 Å². The van der Waals surface area contributed by atoms with Gasteiger partial charge in [-0.2, -0.15) is 0 Å². The Labute approximate surface area is 303 Å². The van der Waals surface area contributed by atoms with E-state index in [1.165, 1.54) is 180 Å². The fraction of sp³-hybridized carbons (Fsp3) is 0.909. The van der Waals surface area contributed by atoms with Crippen LogP contribution in [0.3, 0.4) is 0 Å². The molecule has 1 aliphatic carbocycles. The molecular formula is C44H80O5. The van der Waals surface area contributed by atoms with Crippen molar-refractivity contribution in [1.29, 1.82) is 0 Å².